The predicted molar refractivity (Wildman–Crippen MR) is 62.1 cm³/mol. The van der Waals surface area contributed by atoms with Gasteiger partial charge in [0.15, 0.2) is 0 Å². The van der Waals surface area contributed by atoms with Crippen molar-refractivity contribution in [1.29, 1.82) is 0 Å². The molecule has 1 heterocycles. The average molecular weight is 205 g/mol. The monoisotopic (exact) mass is 205 g/mol. The fraction of sp³-hybridized carbons (Fsp3) is 0.364. The Labute approximate surface area is 87.3 Å². The quantitative estimate of drug-likeness (QED) is 0.469. The highest BCUT2D eigenvalue weighted by molar-refractivity contribution is 6.32. The molecule has 0 radical (unpaired) electrons. The lowest BCUT2D eigenvalue weighted by Crippen LogP contribution is -2.58. The van der Waals surface area contributed by atoms with E-state index in [0.29, 0.717) is 0 Å². The van der Waals surface area contributed by atoms with E-state index in [9.17, 15) is 4.79 Å². The number of nitrogens with zero attached hydrogens (tertiary/aromatic N) is 1. The van der Waals surface area contributed by atoms with Crippen molar-refractivity contribution in [1.82, 2.24) is 0 Å². The summed E-state index contributed by atoms with van der Waals surface area (Å²) in [5.74, 6) is 0.235. The van der Waals surface area contributed by atoms with Gasteiger partial charge in [0.2, 0.25) is 5.91 Å². The first kappa shape index (κ1) is 9.46. The van der Waals surface area contributed by atoms with E-state index in [1.54, 1.807) is 0 Å². The first-order valence-electron chi connectivity index (χ1n) is 4.89. The Morgan fingerprint density at radius 3 is 2.29 bits per heavy atom. The summed E-state index contributed by atoms with van der Waals surface area (Å²) >= 11 is 0. The van der Waals surface area contributed by atoms with E-state index in [4.69, 9.17) is 0 Å². The molecule has 2 rings (SSSR count). The van der Waals surface area contributed by atoms with Crippen LogP contribution in [0.3, 0.4) is 0 Å². The molecule has 1 saturated heterocycles. The van der Waals surface area contributed by atoms with Crippen LogP contribution >= 0.6 is 0 Å². The lowest BCUT2D eigenvalue weighted by Gasteiger charge is -2.44. The third kappa shape index (κ3) is 1.37. The molecule has 3 heteroatoms. The molecular formula is C11H15NOSi. The molecule has 1 amide bonds. The molecule has 1 aromatic rings. The van der Waals surface area contributed by atoms with E-state index in [1.807, 2.05) is 30.9 Å². The van der Waals surface area contributed by atoms with Crippen molar-refractivity contribution in [3.05, 3.63) is 24.3 Å². The number of amides is 1. The summed E-state index contributed by atoms with van der Waals surface area (Å²) < 4.78 is 0. The van der Waals surface area contributed by atoms with Gasteiger partial charge in [0, 0.05) is 22.5 Å². The lowest BCUT2D eigenvalue weighted by molar-refractivity contribution is -0.132. The van der Waals surface area contributed by atoms with Gasteiger partial charge in [-0.25, -0.2) is 0 Å². The van der Waals surface area contributed by atoms with Gasteiger partial charge in [-0.1, -0.05) is 17.3 Å². The molecule has 0 N–H and O–H groups in total. The predicted octanol–water partition coefficient (Wildman–Crippen LogP) is 0.0501. The number of rotatable bonds is 1. The van der Waals surface area contributed by atoms with Crippen molar-refractivity contribution in [3.8, 4) is 0 Å². The highest BCUT2D eigenvalue weighted by Gasteiger charge is 2.44. The maximum absolute atomic E-state index is 11.7. The minimum Gasteiger partial charge on any atom is -0.311 e. The van der Waals surface area contributed by atoms with Gasteiger partial charge in [-0.2, -0.15) is 0 Å². The number of anilines is 1. The van der Waals surface area contributed by atoms with Gasteiger partial charge in [-0.05, 0) is 26.0 Å². The van der Waals surface area contributed by atoms with E-state index < -0.39 is 0 Å². The van der Waals surface area contributed by atoms with E-state index in [2.05, 4.69) is 12.1 Å². The Bertz CT molecular complexity index is 369. The fourth-order valence-corrected chi connectivity index (χ4v) is 2.08. The molecule has 1 aliphatic heterocycles. The third-order valence-corrected chi connectivity index (χ3v) is 3.39. The molecule has 74 valence electrons. The molecular weight excluding hydrogens is 190 g/mol. The zero-order valence-corrected chi connectivity index (χ0v) is 10.9. The number of benzene rings is 1. The number of β-lactam (4-membered cyclic amide) rings is 1. The van der Waals surface area contributed by atoms with Gasteiger partial charge in [-0.3, -0.25) is 4.79 Å². The molecule has 14 heavy (non-hydrogen) atoms. The van der Waals surface area contributed by atoms with Crippen LogP contribution in [0.4, 0.5) is 5.69 Å². The SMILES string of the molecule is CC1(C)CN(c2ccc([SiH3])cc2)C1=O. The van der Waals surface area contributed by atoms with Crippen LogP contribution in [-0.2, 0) is 4.79 Å². The molecule has 0 spiro atoms. The molecule has 0 aromatic heterocycles. The summed E-state index contributed by atoms with van der Waals surface area (Å²) in [6, 6.07) is 8.27. The molecule has 1 aromatic carbocycles. The van der Waals surface area contributed by atoms with Gasteiger partial charge >= 0.3 is 0 Å². The average Bonchev–Trinajstić information content (AvgIpc) is 2.16. The number of carbonyl (C=O) groups excluding carboxylic acids is 1. The fourth-order valence-electron chi connectivity index (χ4n) is 1.74. The second-order valence-electron chi connectivity index (χ2n) is 4.61. The molecule has 0 aliphatic carbocycles. The van der Waals surface area contributed by atoms with Gasteiger partial charge in [0.05, 0.1) is 5.41 Å². The summed E-state index contributed by atoms with van der Waals surface area (Å²) in [6.45, 7) is 4.83. The summed E-state index contributed by atoms with van der Waals surface area (Å²) in [5, 5.41) is 1.36. The third-order valence-electron chi connectivity index (χ3n) is 2.72. The standard InChI is InChI=1S/C11H15NOSi/c1-11(2)7-12(10(11)13)8-3-5-9(14)6-4-8/h3-6H,7H2,1-2,14H3. The lowest BCUT2D eigenvalue weighted by atomic mass is 9.83. The van der Waals surface area contributed by atoms with Crippen LogP contribution in [0.1, 0.15) is 13.8 Å². The molecule has 2 nitrogen and oxygen atoms in total. The zero-order chi connectivity index (χ0) is 10.3. The van der Waals surface area contributed by atoms with E-state index in [-0.39, 0.29) is 11.3 Å². The highest BCUT2D eigenvalue weighted by atomic mass is 28.1. The second kappa shape index (κ2) is 2.95. The Morgan fingerprint density at radius 1 is 1.29 bits per heavy atom. The Hall–Kier alpha value is -1.09. The van der Waals surface area contributed by atoms with Crippen LogP contribution in [0.5, 0.6) is 0 Å². The zero-order valence-electron chi connectivity index (χ0n) is 8.87. The van der Waals surface area contributed by atoms with Crippen LogP contribution in [0.2, 0.25) is 0 Å². The maximum atomic E-state index is 11.7. The molecule has 0 unspecified atom stereocenters. The summed E-state index contributed by atoms with van der Waals surface area (Å²) in [7, 11) is 1.07. The van der Waals surface area contributed by atoms with E-state index >= 15 is 0 Å². The Morgan fingerprint density at radius 2 is 1.86 bits per heavy atom. The normalized spacial score (nSPS) is 19.6. The smallest absolute Gasteiger partial charge is 0.234 e. The van der Waals surface area contributed by atoms with Gasteiger partial charge < -0.3 is 4.90 Å². The Kier molecular flexibility index (Phi) is 1.99. The maximum Gasteiger partial charge on any atom is 0.234 e. The van der Waals surface area contributed by atoms with Gasteiger partial charge in [-0.15, -0.1) is 0 Å². The van der Waals surface area contributed by atoms with Crippen molar-refractivity contribution in [2.45, 2.75) is 13.8 Å². The molecule has 0 saturated carbocycles. The van der Waals surface area contributed by atoms with Crippen molar-refractivity contribution in [2.24, 2.45) is 5.41 Å². The van der Waals surface area contributed by atoms with Crippen LogP contribution in [0, 0.1) is 5.41 Å². The van der Waals surface area contributed by atoms with Crippen molar-refractivity contribution >= 4 is 27.0 Å². The molecule has 1 aliphatic rings. The largest absolute Gasteiger partial charge is 0.311 e. The van der Waals surface area contributed by atoms with Crippen molar-refractivity contribution in [3.63, 3.8) is 0 Å². The topological polar surface area (TPSA) is 20.3 Å². The van der Waals surface area contributed by atoms with Gasteiger partial charge in [0.25, 0.3) is 0 Å². The summed E-state index contributed by atoms with van der Waals surface area (Å²) in [6.07, 6.45) is 0. The number of hydrogen-bond donors (Lipinski definition) is 0. The van der Waals surface area contributed by atoms with E-state index in [1.165, 1.54) is 5.19 Å². The van der Waals surface area contributed by atoms with E-state index in [0.717, 1.165) is 22.5 Å². The highest BCUT2D eigenvalue weighted by Crippen LogP contribution is 2.34. The van der Waals surface area contributed by atoms with Crippen LogP contribution in [-0.4, -0.2) is 22.7 Å². The molecule has 0 atom stereocenters. The van der Waals surface area contributed by atoms with Crippen LogP contribution in [0.15, 0.2) is 24.3 Å². The molecule has 1 fully saturated rings. The number of hydrogen-bond acceptors (Lipinski definition) is 1. The minimum absolute atomic E-state index is 0.153. The van der Waals surface area contributed by atoms with Crippen molar-refractivity contribution in [2.75, 3.05) is 11.4 Å². The summed E-state index contributed by atoms with van der Waals surface area (Å²) in [5.41, 5.74) is 0.883. The summed E-state index contributed by atoms with van der Waals surface area (Å²) in [4.78, 5) is 13.6. The second-order valence-corrected chi connectivity index (χ2v) is 5.77. The van der Waals surface area contributed by atoms with Gasteiger partial charge in [0.1, 0.15) is 0 Å². The Balaban J connectivity index is 2.20. The van der Waals surface area contributed by atoms with Crippen LogP contribution < -0.4 is 10.1 Å². The first-order chi connectivity index (χ1) is 6.50. The van der Waals surface area contributed by atoms with Crippen LogP contribution in [0.25, 0.3) is 0 Å². The van der Waals surface area contributed by atoms with Crippen molar-refractivity contribution < 1.29 is 4.79 Å². The first-order valence-corrected chi connectivity index (χ1v) is 5.89. The molecule has 0 bridgehead atoms. The minimum atomic E-state index is -0.153. The number of carbonyl (C=O) groups is 1.